The van der Waals surface area contributed by atoms with Crippen LogP contribution in [-0.4, -0.2) is 28.8 Å². The summed E-state index contributed by atoms with van der Waals surface area (Å²) < 4.78 is 0. The van der Waals surface area contributed by atoms with E-state index in [2.05, 4.69) is 12.2 Å². The SMILES string of the molecule is CCCCCNC(C(=O)O)C(CC)c1ccc(O)cc1. The highest BCUT2D eigenvalue weighted by molar-refractivity contribution is 5.75. The minimum absolute atomic E-state index is 0.0882. The summed E-state index contributed by atoms with van der Waals surface area (Å²) in [6.45, 7) is 4.83. The molecule has 0 amide bonds. The number of aromatic hydroxyl groups is 1. The highest BCUT2D eigenvalue weighted by atomic mass is 16.4. The van der Waals surface area contributed by atoms with Gasteiger partial charge in [0.25, 0.3) is 0 Å². The van der Waals surface area contributed by atoms with Crippen LogP contribution in [-0.2, 0) is 4.79 Å². The van der Waals surface area contributed by atoms with Crippen molar-refractivity contribution in [2.75, 3.05) is 6.54 Å². The van der Waals surface area contributed by atoms with Crippen molar-refractivity contribution < 1.29 is 15.0 Å². The van der Waals surface area contributed by atoms with Crippen LogP contribution in [0.2, 0.25) is 0 Å². The first-order valence-corrected chi connectivity index (χ1v) is 7.35. The van der Waals surface area contributed by atoms with Crippen molar-refractivity contribution in [1.82, 2.24) is 5.32 Å². The van der Waals surface area contributed by atoms with Crippen molar-refractivity contribution in [2.45, 2.75) is 51.5 Å². The van der Waals surface area contributed by atoms with Gasteiger partial charge in [-0.25, -0.2) is 0 Å². The minimum Gasteiger partial charge on any atom is -0.508 e. The van der Waals surface area contributed by atoms with Crippen LogP contribution >= 0.6 is 0 Å². The molecule has 112 valence electrons. The molecular weight excluding hydrogens is 254 g/mol. The summed E-state index contributed by atoms with van der Waals surface area (Å²) in [6.07, 6.45) is 3.96. The van der Waals surface area contributed by atoms with E-state index in [0.29, 0.717) is 0 Å². The number of benzene rings is 1. The Labute approximate surface area is 120 Å². The number of phenols is 1. The Balaban J connectivity index is 2.75. The van der Waals surface area contributed by atoms with Gasteiger partial charge < -0.3 is 15.5 Å². The first-order valence-electron chi connectivity index (χ1n) is 7.35. The van der Waals surface area contributed by atoms with Crippen molar-refractivity contribution in [3.8, 4) is 5.75 Å². The fraction of sp³-hybridized carbons (Fsp3) is 0.562. The molecule has 2 atom stereocenters. The molecule has 4 nitrogen and oxygen atoms in total. The van der Waals surface area contributed by atoms with Crippen molar-refractivity contribution in [3.05, 3.63) is 29.8 Å². The molecule has 0 aliphatic rings. The molecule has 0 saturated heterocycles. The second kappa shape index (κ2) is 8.59. The summed E-state index contributed by atoms with van der Waals surface area (Å²) in [5, 5.41) is 21.9. The molecule has 1 aromatic carbocycles. The second-order valence-electron chi connectivity index (χ2n) is 5.08. The number of aliphatic carboxylic acids is 1. The Kier molecular flexibility index (Phi) is 7.09. The Bertz CT molecular complexity index is 403. The predicted molar refractivity (Wildman–Crippen MR) is 80.1 cm³/mol. The van der Waals surface area contributed by atoms with Gasteiger partial charge in [0.1, 0.15) is 11.8 Å². The van der Waals surface area contributed by atoms with Crippen LogP contribution in [0.25, 0.3) is 0 Å². The number of nitrogens with one attached hydrogen (secondary N) is 1. The van der Waals surface area contributed by atoms with E-state index >= 15 is 0 Å². The average Bonchev–Trinajstić information content (AvgIpc) is 2.43. The fourth-order valence-electron chi connectivity index (χ4n) is 2.42. The Morgan fingerprint density at radius 2 is 1.85 bits per heavy atom. The molecule has 0 saturated carbocycles. The standard InChI is InChI=1S/C16H25NO3/c1-3-5-6-11-17-15(16(19)20)14(4-2)12-7-9-13(18)10-8-12/h7-10,14-15,17-18H,3-6,11H2,1-2H3,(H,19,20). The van der Waals surface area contributed by atoms with Gasteiger partial charge in [-0.3, -0.25) is 4.79 Å². The van der Waals surface area contributed by atoms with Crippen molar-refractivity contribution in [1.29, 1.82) is 0 Å². The van der Waals surface area contributed by atoms with Gasteiger partial charge in [-0.2, -0.15) is 0 Å². The lowest BCUT2D eigenvalue weighted by Gasteiger charge is -2.24. The maximum Gasteiger partial charge on any atom is 0.321 e. The van der Waals surface area contributed by atoms with Gasteiger partial charge in [0, 0.05) is 5.92 Å². The number of unbranched alkanes of at least 4 members (excludes halogenated alkanes) is 2. The summed E-state index contributed by atoms with van der Waals surface area (Å²) in [5.74, 6) is -0.706. The molecule has 1 aromatic rings. The molecule has 0 radical (unpaired) electrons. The Morgan fingerprint density at radius 1 is 1.20 bits per heavy atom. The zero-order valence-electron chi connectivity index (χ0n) is 12.3. The van der Waals surface area contributed by atoms with Crippen LogP contribution in [0.15, 0.2) is 24.3 Å². The number of hydrogen-bond donors (Lipinski definition) is 3. The van der Waals surface area contributed by atoms with Crippen LogP contribution < -0.4 is 5.32 Å². The largest absolute Gasteiger partial charge is 0.508 e. The second-order valence-corrected chi connectivity index (χ2v) is 5.08. The summed E-state index contributed by atoms with van der Waals surface area (Å²) >= 11 is 0. The number of carboxylic acid groups (broad SMARTS) is 1. The summed E-state index contributed by atoms with van der Waals surface area (Å²) in [4.78, 5) is 11.5. The van der Waals surface area contributed by atoms with Crippen LogP contribution in [0.4, 0.5) is 0 Å². The van der Waals surface area contributed by atoms with E-state index in [-0.39, 0.29) is 11.7 Å². The van der Waals surface area contributed by atoms with E-state index in [1.54, 1.807) is 24.3 Å². The Hall–Kier alpha value is -1.55. The molecular formula is C16H25NO3. The van der Waals surface area contributed by atoms with Gasteiger partial charge in [-0.1, -0.05) is 38.8 Å². The van der Waals surface area contributed by atoms with Gasteiger partial charge in [0.05, 0.1) is 0 Å². The third-order valence-corrected chi connectivity index (χ3v) is 3.57. The summed E-state index contributed by atoms with van der Waals surface area (Å²) in [5.41, 5.74) is 0.945. The zero-order valence-corrected chi connectivity index (χ0v) is 12.3. The molecule has 0 heterocycles. The van der Waals surface area contributed by atoms with Crippen LogP contribution in [0.1, 0.15) is 51.0 Å². The van der Waals surface area contributed by atoms with E-state index in [9.17, 15) is 15.0 Å². The smallest absolute Gasteiger partial charge is 0.321 e. The maximum atomic E-state index is 11.5. The predicted octanol–water partition coefficient (Wildman–Crippen LogP) is 3.12. The summed E-state index contributed by atoms with van der Waals surface area (Å²) in [7, 11) is 0. The maximum absolute atomic E-state index is 11.5. The molecule has 0 bridgehead atoms. The van der Waals surface area contributed by atoms with Crippen LogP contribution in [0, 0.1) is 0 Å². The normalized spacial score (nSPS) is 13.9. The van der Waals surface area contributed by atoms with Gasteiger partial charge >= 0.3 is 5.97 Å². The van der Waals surface area contributed by atoms with E-state index in [4.69, 9.17) is 0 Å². The third kappa shape index (κ3) is 4.85. The average molecular weight is 279 g/mol. The lowest BCUT2D eigenvalue weighted by molar-refractivity contribution is -0.140. The first kappa shape index (κ1) is 16.5. The van der Waals surface area contributed by atoms with E-state index in [1.807, 2.05) is 6.92 Å². The summed E-state index contributed by atoms with van der Waals surface area (Å²) in [6, 6.07) is 6.23. The third-order valence-electron chi connectivity index (χ3n) is 3.57. The molecule has 0 aliphatic heterocycles. The quantitative estimate of drug-likeness (QED) is 0.607. The molecule has 2 unspecified atom stereocenters. The number of carboxylic acids is 1. The van der Waals surface area contributed by atoms with E-state index < -0.39 is 12.0 Å². The highest BCUT2D eigenvalue weighted by Crippen LogP contribution is 2.25. The molecule has 0 aliphatic carbocycles. The zero-order chi connectivity index (χ0) is 15.0. The lowest BCUT2D eigenvalue weighted by Crippen LogP contribution is -2.42. The number of rotatable bonds is 9. The van der Waals surface area contributed by atoms with Gasteiger partial charge in [-0.05, 0) is 37.1 Å². The molecule has 3 N–H and O–H groups in total. The minimum atomic E-state index is -0.818. The number of carbonyl (C=O) groups is 1. The van der Waals surface area contributed by atoms with Crippen LogP contribution in [0.5, 0.6) is 5.75 Å². The van der Waals surface area contributed by atoms with Gasteiger partial charge in [-0.15, -0.1) is 0 Å². The first-order chi connectivity index (χ1) is 9.60. The molecule has 0 aromatic heterocycles. The topological polar surface area (TPSA) is 69.6 Å². The monoisotopic (exact) mass is 279 g/mol. The van der Waals surface area contributed by atoms with Gasteiger partial charge in [0.2, 0.25) is 0 Å². The lowest BCUT2D eigenvalue weighted by atomic mass is 9.89. The van der Waals surface area contributed by atoms with Crippen molar-refractivity contribution in [3.63, 3.8) is 0 Å². The Morgan fingerprint density at radius 3 is 2.35 bits per heavy atom. The molecule has 4 heteroatoms. The fourth-order valence-corrected chi connectivity index (χ4v) is 2.42. The van der Waals surface area contributed by atoms with E-state index in [1.165, 1.54) is 0 Å². The molecule has 0 fully saturated rings. The highest BCUT2D eigenvalue weighted by Gasteiger charge is 2.27. The molecule has 0 spiro atoms. The van der Waals surface area contributed by atoms with Crippen molar-refractivity contribution >= 4 is 5.97 Å². The van der Waals surface area contributed by atoms with Crippen LogP contribution in [0.3, 0.4) is 0 Å². The number of phenolic OH excluding ortho intramolecular Hbond substituents is 1. The van der Waals surface area contributed by atoms with E-state index in [0.717, 1.165) is 37.8 Å². The van der Waals surface area contributed by atoms with Gasteiger partial charge in [0.15, 0.2) is 0 Å². The van der Waals surface area contributed by atoms with Crippen molar-refractivity contribution in [2.24, 2.45) is 0 Å². The number of hydrogen-bond acceptors (Lipinski definition) is 3. The molecule has 20 heavy (non-hydrogen) atoms. The molecule has 1 rings (SSSR count).